The van der Waals surface area contributed by atoms with Crippen molar-refractivity contribution in [1.82, 2.24) is 4.57 Å². The summed E-state index contributed by atoms with van der Waals surface area (Å²) < 4.78 is 15.4. The van der Waals surface area contributed by atoms with Crippen molar-refractivity contribution in [3.8, 4) is 0 Å². The zero-order valence-corrected chi connectivity index (χ0v) is 8.56. The predicted molar refractivity (Wildman–Crippen MR) is 56.8 cm³/mol. The maximum absolute atomic E-state index is 13.5. The molecule has 0 spiro atoms. The number of hydrogen-bond donors (Lipinski definition) is 1. The summed E-state index contributed by atoms with van der Waals surface area (Å²) in [5.41, 5.74) is 9.17. The minimum atomic E-state index is -0.215. The van der Waals surface area contributed by atoms with Crippen molar-refractivity contribution < 1.29 is 4.39 Å². The van der Waals surface area contributed by atoms with Crippen molar-refractivity contribution in [2.75, 3.05) is 5.73 Å². The molecule has 0 fully saturated rings. The van der Waals surface area contributed by atoms with E-state index in [1.807, 2.05) is 25.5 Å². The molecule has 0 radical (unpaired) electrons. The first-order valence-corrected chi connectivity index (χ1v) is 4.53. The number of hydrogen-bond acceptors (Lipinski definition) is 1. The summed E-state index contributed by atoms with van der Waals surface area (Å²) >= 11 is 0. The second-order valence-corrected chi connectivity index (χ2v) is 3.63. The van der Waals surface area contributed by atoms with Gasteiger partial charge in [-0.3, -0.25) is 0 Å². The summed E-state index contributed by atoms with van der Waals surface area (Å²) in [5, 5.41) is 0.838. The summed E-state index contributed by atoms with van der Waals surface area (Å²) in [7, 11) is 1.85. The van der Waals surface area contributed by atoms with Crippen LogP contribution < -0.4 is 5.73 Å². The SMILES string of the molecule is Cc1c(C)n(C)c2c(F)ccc(N)c12. The van der Waals surface area contributed by atoms with E-state index in [2.05, 4.69) is 0 Å². The minimum absolute atomic E-state index is 0.215. The Morgan fingerprint density at radius 3 is 2.50 bits per heavy atom. The lowest BCUT2D eigenvalue weighted by molar-refractivity contribution is 0.631. The average Bonchev–Trinajstić information content (AvgIpc) is 2.38. The molecule has 0 aliphatic heterocycles. The van der Waals surface area contributed by atoms with Gasteiger partial charge in [-0.25, -0.2) is 4.39 Å². The molecular formula is C11H13FN2. The third kappa shape index (κ3) is 0.953. The highest BCUT2D eigenvalue weighted by atomic mass is 19.1. The molecule has 0 aliphatic carbocycles. The van der Waals surface area contributed by atoms with Crippen molar-refractivity contribution in [2.45, 2.75) is 13.8 Å². The topological polar surface area (TPSA) is 30.9 Å². The molecule has 2 N–H and O–H groups in total. The largest absolute Gasteiger partial charge is 0.398 e. The molecule has 2 aromatic rings. The molecule has 0 saturated carbocycles. The number of nitrogen functional groups attached to an aromatic ring is 1. The van der Waals surface area contributed by atoms with Crippen LogP contribution in [-0.4, -0.2) is 4.57 Å². The van der Waals surface area contributed by atoms with E-state index in [1.54, 1.807) is 6.07 Å². The monoisotopic (exact) mass is 192 g/mol. The summed E-state index contributed by atoms with van der Waals surface area (Å²) in [6.45, 7) is 3.93. The van der Waals surface area contributed by atoms with E-state index in [-0.39, 0.29) is 5.82 Å². The van der Waals surface area contributed by atoms with Crippen molar-refractivity contribution in [1.29, 1.82) is 0 Å². The number of nitrogens with two attached hydrogens (primary N) is 1. The fourth-order valence-corrected chi connectivity index (χ4v) is 1.90. The second-order valence-electron chi connectivity index (χ2n) is 3.63. The maximum atomic E-state index is 13.5. The summed E-state index contributed by atoms with van der Waals surface area (Å²) in [6, 6.07) is 3.03. The van der Waals surface area contributed by atoms with Crippen LogP contribution in [0.4, 0.5) is 10.1 Å². The molecular weight excluding hydrogens is 179 g/mol. The molecule has 1 aromatic carbocycles. The van der Waals surface area contributed by atoms with E-state index in [4.69, 9.17) is 5.73 Å². The Labute approximate surface area is 82.1 Å². The Hall–Kier alpha value is -1.51. The van der Waals surface area contributed by atoms with Crippen LogP contribution in [0, 0.1) is 19.7 Å². The molecule has 1 heterocycles. The number of aryl methyl sites for hydroxylation is 2. The van der Waals surface area contributed by atoms with Gasteiger partial charge in [-0.05, 0) is 31.5 Å². The Morgan fingerprint density at radius 1 is 1.29 bits per heavy atom. The quantitative estimate of drug-likeness (QED) is 0.639. The number of aromatic nitrogens is 1. The standard InChI is InChI=1S/C11H13FN2/c1-6-7(2)14(3)11-8(12)4-5-9(13)10(6)11/h4-5H,13H2,1-3H3. The van der Waals surface area contributed by atoms with E-state index < -0.39 is 0 Å². The number of rotatable bonds is 0. The first-order chi connectivity index (χ1) is 6.54. The maximum Gasteiger partial charge on any atom is 0.147 e. The van der Waals surface area contributed by atoms with Gasteiger partial charge in [-0.15, -0.1) is 0 Å². The molecule has 2 rings (SSSR count). The van der Waals surface area contributed by atoms with Crippen LogP contribution in [0.15, 0.2) is 12.1 Å². The molecule has 0 amide bonds. The van der Waals surface area contributed by atoms with E-state index >= 15 is 0 Å². The Bertz CT molecular complexity index is 467. The number of benzene rings is 1. The Balaban J connectivity index is 3.08. The van der Waals surface area contributed by atoms with Crippen molar-refractivity contribution in [3.05, 3.63) is 29.2 Å². The Kier molecular flexibility index (Phi) is 1.77. The fourth-order valence-electron chi connectivity index (χ4n) is 1.90. The van der Waals surface area contributed by atoms with Gasteiger partial charge in [0.25, 0.3) is 0 Å². The summed E-state index contributed by atoms with van der Waals surface area (Å²) in [6.07, 6.45) is 0. The van der Waals surface area contributed by atoms with Gasteiger partial charge in [-0.2, -0.15) is 0 Å². The number of halogens is 1. The highest BCUT2D eigenvalue weighted by Gasteiger charge is 2.13. The number of nitrogens with zero attached hydrogens (tertiary/aromatic N) is 1. The third-order valence-corrected chi connectivity index (χ3v) is 2.92. The minimum Gasteiger partial charge on any atom is -0.398 e. The molecule has 0 atom stereocenters. The van der Waals surface area contributed by atoms with Crippen LogP contribution in [0.2, 0.25) is 0 Å². The lowest BCUT2D eigenvalue weighted by Crippen LogP contribution is -1.93. The number of fused-ring (bicyclic) bond motifs is 1. The predicted octanol–water partition coefficient (Wildman–Crippen LogP) is 2.52. The van der Waals surface area contributed by atoms with Gasteiger partial charge >= 0.3 is 0 Å². The molecule has 74 valence electrons. The molecule has 2 nitrogen and oxygen atoms in total. The Morgan fingerprint density at radius 2 is 1.93 bits per heavy atom. The molecule has 0 unspecified atom stereocenters. The van der Waals surface area contributed by atoms with E-state index in [0.29, 0.717) is 11.2 Å². The highest BCUT2D eigenvalue weighted by Crippen LogP contribution is 2.30. The molecule has 3 heteroatoms. The van der Waals surface area contributed by atoms with Crippen LogP contribution in [-0.2, 0) is 7.05 Å². The lowest BCUT2D eigenvalue weighted by Gasteiger charge is -2.01. The molecule has 1 aromatic heterocycles. The van der Waals surface area contributed by atoms with Gasteiger partial charge in [-0.1, -0.05) is 0 Å². The van der Waals surface area contributed by atoms with Crippen LogP contribution in [0.25, 0.3) is 10.9 Å². The normalized spacial score (nSPS) is 11.1. The zero-order chi connectivity index (χ0) is 10.5. The van der Waals surface area contributed by atoms with Crippen LogP contribution in [0.5, 0.6) is 0 Å². The second kappa shape index (κ2) is 2.74. The molecule has 0 aliphatic rings. The van der Waals surface area contributed by atoms with Gasteiger partial charge in [0, 0.05) is 23.8 Å². The highest BCUT2D eigenvalue weighted by molar-refractivity contribution is 5.95. The molecule has 14 heavy (non-hydrogen) atoms. The molecule has 0 bridgehead atoms. The average molecular weight is 192 g/mol. The van der Waals surface area contributed by atoms with Crippen LogP contribution >= 0.6 is 0 Å². The fraction of sp³-hybridized carbons (Fsp3) is 0.273. The van der Waals surface area contributed by atoms with Crippen LogP contribution in [0.1, 0.15) is 11.3 Å². The van der Waals surface area contributed by atoms with Gasteiger partial charge < -0.3 is 10.3 Å². The lowest BCUT2D eigenvalue weighted by atomic mass is 10.1. The first-order valence-electron chi connectivity index (χ1n) is 4.53. The van der Waals surface area contributed by atoms with Crippen molar-refractivity contribution in [2.24, 2.45) is 7.05 Å². The van der Waals surface area contributed by atoms with Crippen molar-refractivity contribution in [3.63, 3.8) is 0 Å². The smallest absolute Gasteiger partial charge is 0.147 e. The van der Waals surface area contributed by atoms with Gasteiger partial charge in [0.15, 0.2) is 0 Å². The van der Waals surface area contributed by atoms with E-state index in [0.717, 1.165) is 16.6 Å². The zero-order valence-electron chi connectivity index (χ0n) is 8.56. The van der Waals surface area contributed by atoms with Gasteiger partial charge in [0.1, 0.15) is 5.82 Å². The van der Waals surface area contributed by atoms with E-state index in [1.165, 1.54) is 6.07 Å². The number of anilines is 1. The van der Waals surface area contributed by atoms with E-state index in [9.17, 15) is 4.39 Å². The third-order valence-electron chi connectivity index (χ3n) is 2.92. The van der Waals surface area contributed by atoms with Crippen molar-refractivity contribution >= 4 is 16.6 Å². The van der Waals surface area contributed by atoms with Gasteiger partial charge in [0.05, 0.1) is 5.52 Å². The first kappa shape index (κ1) is 9.06. The summed E-state index contributed by atoms with van der Waals surface area (Å²) in [5.74, 6) is -0.215. The molecule has 0 saturated heterocycles. The van der Waals surface area contributed by atoms with Crippen LogP contribution in [0.3, 0.4) is 0 Å². The van der Waals surface area contributed by atoms with Gasteiger partial charge in [0.2, 0.25) is 0 Å². The summed E-state index contributed by atoms with van der Waals surface area (Å²) in [4.78, 5) is 0.